The molecule has 11 heteroatoms. The molecule has 0 aliphatic carbocycles. The van der Waals surface area contributed by atoms with Crippen molar-refractivity contribution >= 4 is 23.4 Å². The first kappa shape index (κ1) is 20.6. The molecule has 1 aromatic carbocycles. The quantitative estimate of drug-likeness (QED) is 0.287. The first-order valence-corrected chi connectivity index (χ1v) is 8.86. The minimum absolute atomic E-state index is 0.0404. The average Bonchev–Trinajstić information content (AvgIpc) is 3.37. The van der Waals surface area contributed by atoms with E-state index in [1.165, 1.54) is 24.3 Å². The SMILES string of the molecule is CCOC(=O)c1ccccc1N(Cc1ccc([N+](=O)[O-])o1)Cc1ccc([N+](=O)[O-])o1. The van der Waals surface area contributed by atoms with E-state index in [2.05, 4.69) is 0 Å². The number of esters is 1. The molecule has 0 aliphatic rings. The number of benzene rings is 1. The lowest BCUT2D eigenvalue weighted by molar-refractivity contribution is -0.402. The maximum Gasteiger partial charge on any atom is 0.433 e. The number of hydrogen-bond donors (Lipinski definition) is 0. The van der Waals surface area contributed by atoms with Gasteiger partial charge in [0.15, 0.2) is 0 Å². The Labute approximate surface area is 169 Å². The molecular formula is C19H17N3O8. The molecule has 0 amide bonds. The fraction of sp³-hybridized carbons (Fsp3) is 0.211. The van der Waals surface area contributed by atoms with Crippen molar-refractivity contribution in [1.29, 1.82) is 0 Å². The number of para-hydroxylation sites is 1. The van der Waals surface area contributed by atoms with E-state index in [-0.39, 0.29) is 36.8 Å². The lowest BCUT2D eigenvalue weighted by Crippen LogP contribution is -2.24. The molecule has 156 valence electrons. The maximum atomic E-state index is 12.4. The summed E-state index contributed by atoms with van der Waals surface area (Å²) in [5.74, 6) is -0.855. The summed E-state index contributed by atoms with van der Waals surface area (Å²) in [4.78, 5) is 34.5. The summed E-state index contributed by atoms with van der Waals surface area (Å²) in [6.45, 7) is 1.95. The number of carbonyl (C=O) groups excluding carboxylic acids is 1. The third kappa shape index (κ3) is 4.63. The highest BCUT2D eigenvalue weighted by Gasteiger charge is 2.22. The van der Waals surface area contributed by atoms with Crippen molar-refractivity contribution in [2.75, 3.05) is 11.5 Å². The van der Waals surface area contributed by atoms with Gasteiger partial charge in [-0.1, -0.05) is 12.1 Å². The van der Waals surface area contributed by atoms with Crippen LogP contribution in [0.3, 0.4) is 0 Å². The Bertz CT molecular complexity index is 1020. The first-order chi connectivity index (χ1) is 14.4. The monoisotopic (exact) mass is 415 g/mol. The Morgan fingerprint density at radius 3 is 1.93 bits per heavy atom. The highest BCUT2D eigenvalue weighted by molar-refractivity contribution is 5.95. The smallest absolute Gasteiger partial charge is 0.433 e. The fourth-order valence-corrected chi connectivity index (χ4v) is 2.83. The van der Waals surface area contributed by atoms with Crippen molar-refractivity contribution in [2.24, 2.45) is 0 Å². The molecule has 0 aliphatic heterocycles. The molecule has 0 radical (unpaired) electrons. The zero-order chi connectivity index (χ0) is 21.7. The number of hydrogen-bond acceptors (Lipinski definition) is 9. The molecule has 0 saturated carbocycles. The van der Waals surface area contributed by atoms with Gasteiger partial charge in [0.25, 0.3) is 0 Å². The van der Waals surface area contributed by atoms with Crippen LogP contribution in [-0.4, -0.2) is 22.4 Å². The van der Waals surface area contributed by atoms with E-state index in [1.807, 2.05) is 0 Å². The summed E-state index contributed by atoms with van der Waals surface area (Å²) in [6.07, 6.45) is 0. The molecule has 11 nitrogen and oxygen atoms in total. The summed E-state index contributed by atoms with van der Waals surface area (Å²) in [5.41, 5.74) is 0.718. The average molecular weight is 415 g/mol. The van der Waals surface area contributed by atoms with Crippen molar-refractivity contribution in [3.8, 4) is 0 Å². The second-order valence-electron chi connectivity index (χ2n) is 6.09. The summed E-state index contributed by atoms with van der Waals surface area (Å²) < 4.78 is 15.6. The van der Waals surface area contributed by atoms with Crippen LogP contribution in [0, 0.1) is 20.2 Å². The lowest BCUT2D eigenvalue weighted by atomic mass is 10.1. The van der Waals surface area contributed by atoms with Gasteiger partial charge in [0.1, 0.15) is 21.4 Å². The predicted molar refractivity (Wildman–Crippen MR) is 103 cm³/mol. The topological polar surface area (TPSA) is 142 Å². The third-order valence-corrected chi connectivity index (χ3v) is 4.09. The van der Waals surface area contributed by atoms with Crippen molar-refractivity contribution in [2.45, 2.75) is 20.0 Å². The van der Waals surface area contributed by atoms with Crippen LogP contribution in [0.2, 0.25) is 0 Å². The van der Waals surface area contributed by atoms with Crippen molar-refractivity contribution in [3.63, 3.8) is 0 Å². The summed E-state index contributed by atoms with van der Waals surface area (Å²) in [7, 11) is 0. The highest BCUT2D eigenvalue weighted by atomic mass is 16.7. The Hall–Kier alpha value is -4.15. The zero-order valence-corrected chi connectivity index (χ0v) is 15.8. The number of nitrogens with zero attached hydrogens (tertiary/aromatic N) is 3. The van der Waals surface area contributed by atoms with Gasteiger partial charge in [-0.3, -0.25) is 20.2 Å². The van der Waals surface area contributed by atoms with E-state index in [4.69, 9.17) is 13.6 Å². The molecule has 0 saturated heterocycles. The van der Waals surface area contributed by atoms with E-state index in [9.17, 15) is 25.0 Å². The van der Waals surface area contributed by atoms with Gasteiger partial charge in [0, 0.05) is 0 Å². The highest BCUT2D eigenvalue weighted by Crippen LogP contribution is 2.28. The number of rotatable bonds is 9. The van der Waals surface area contributed by atoms with Crippen LogP contribution in [0.15, 0.2) is 57.4 Å². The van der Waals surface area contributed by atoms with Crippen LogP contribution in [0.4, 0.5) is 17.5 Å². The van der Waals surface area contributed by atoms with E-state index in [0.717, 1.165) is 0 Å². The van der Waals surface area contributed by atoms with Crippen LogP contribution in [0.1, 0.15) is 28.8 Å². The number of anilines is 1. The minimum Gasteiger partial charge on any atom is -0.462 e. The van der Waals surface area contributed by atoms with E-state index < -0.39 is 27.6 Å². The molecular weight excluding hydrogens is 398 g/mol. The molecule has 0 unspecified atom stereocenters. The Kier molecular flexibility index (Phi) is 6.11. The standard InChI is InChI=1S/C19H17N3O8/c1-2-28-19(23)15-5-3-4-6-16(15)20(11-13-7-9-17(29-13)21(24)25)12-14-8-10-18(30-14)22(26)27/h3-10H,2,11-12H2,1H3. The van der Waals surface area contributed by atoms with Crippen LogP contribution in [-0.2, 0) is 17.8 Å². The second-order valence-corrected chi connectivity index (χ2v) is 6.09. The lowest BCUT2D eigenvalue weighted by Gasteiger charge is -2.24. The molecule has 2 aromatic heterocycles. The van der Waals surface area contributed by atoms with Crippen LogP contribution in [0.5, 0.6) is 0 Å². The summed E-state index contributed by atoms with van der Waals surface area (Å²) in [6, 6.07) is 12.0. The molecule has 3 aromatic rings. The number of furan rings is 2. The van der Waals surface area contributed by atoms with Crippen molar-refractivity contribution < 1.29 is 28.2 Å². The largest absolute Gasteiger partial charge is 0.462 e. The van der Waals surface area contributed by atoms with E-state index in [1.54, 1.807) is 36.1 Å². The van der Waals surface area contributed by atoms with Gasteiger partial charge < -0.3 is 18.5 Å². The third-order valence-electron chi connectivity index (χ3n) is 4.09. The number of nitro groups is 2. The fourth-order valence-electron chi connectivity index (χ4n) is 2.83. The van der Waals surface area contributed by atoms with Gasteiger partial charge in [-0.05, 0) is 31.2 Å². The van der Waals surface area contributed by atoms with Gasteiger partial charge in [-0.2, -0.15) is 0 Å². The van der Waals surface area contributed by atoms with E-state index >= 15 is 0 Å². The molecule has 0 fully saturated rings. The van der Waals surface area contributed by atoms with Crippen LogP contribution < -0.4 is 4.90 Å². The second kappa shape index (κ2) is 8.90. The molecule has 30 heavy (non-hydrogen) atoms. The number of carbonyl (C=O) groups is 1. The zero-order valence-electron chi connectivity index (χ0n) is 15.8. The molecule has 3 rings (SSSR count). The summed E-state index contributed by atoms with van der Waals surface area (Å²) in [5, 5.41) is 21.8. The summed E-state index contributed by atoms with van der Waals surface area (Å²) >= 11 is 0. The normalized spacial score (nSPS) is 10.6. The van der Waals surface area contributed by atoms with Gasteiger partial charge in [0.05, 0.1) is 43.1 Å². The van der Waals surface area contributed by atoms with Crippen molar-refractivity contribution in [3.05, 3.63) is 85.8 Å². The minimum atomic E-state index is -0.656. The van der Waals surface area contributed by atoms with Gasteiger partial charge >= 0.3 is 17.7 Å². The van der Waals surface area contributed by atoms with Crippen molar-refractivity contribution in [1.82, 2.24) is 0 Å². The molecule has 0 atom stereocenters. The molecule has 0 spiro atoms. The Morgan fingerprint density at radius 1 is 0.933 bits per heavy atom. The number of ether oxygens (including phenoxy) is 1. The first-order valence-electron chi connectivity index (χ1n) is 8.86. The van der Waals surface area contributed by atoms with Crippen LogP contribution in [0.25, 0.3) is 0 Å². The molecule has 0 bridgehead atoms. The Morgan fingerprint density at radius 2 is 1.47 bits per heavy atom. The molecule has 0 N–H and O–H groups in total. The van der Waals surface area contributed by atoms with Gasteiger partial charge in [-0.25, -0.2) is 4.79 Å². The predicted octanol–water partition coefficient (Wildman–Crippen LogP) is 4.07. The Balaban J connectivity index is 1.97. The maximum absolute atomic E-state index is 12.4. The van der Waals surface area contributed by atoms with Gasteiger partial charge in [0.2, 0.25) is 0 Å². The van der Waals surface area contributed by atoms with E-state index in [0.29, 0.717) is 5.69 Å². The van der Waals surface area contributed by atoms with Gasteiger partial charge in [-0.15, -0.1) is 0 Å². The molecule has 2 heterocycles. The van der Waals surface area contributed by atoms with Crippen LogP contribution >= 0.6 is 0 Å².